The van der Waals surface area contributed by atoms with E-state index in [0.29, 0.717) is 35.8 Å². The van der Waals surface area contributed by atoms with Gasteiger partial charge < -0.3 is 24.8 Å². The minimum absolute atomic E-state index is 0.185. The molecule has 1 unspecified atom stereocenters. The van der Waals surface area contributed by atoms with Crippen LogP contribution in [0.15, 0.2) is 12.1 Å². The van der Waals surface area contributed by atoms with Crippen molar-refractivity contribution in [2.45, 2.75) is 25.6 Å². The number of amides is 1. The first-order chi connectivity index (χ1) is 12.6. The summed E-state index contributed by atoms with van der Waals surface area (Å²) >= 11 is 0. The van der Waals surface area contributed by atoms with Gasteiger partial charge in [-0.25, -0.2) is 0 Å². The van der Waals surface area contributed by atoms with Crippen LogP contribution in [-0.4, -0.2) is 53.4 Å². The number of aliphatic hydroxyl groups excluding tert-OH is 1. The van der Waals surface area contributed by atoms with E-state index in [-0.39, 0.29) is 12.5 Å². The minimum Gasteiger partial charge on any atom is -0.496 e. The van der Waals surface area contributed by atoms with Crippen molar-refractivity contribution in [1.29, 1.82) is 0 Å². The summed E-state index contributed by atoms with van der Waals surface area (Å²) in [7, 11) is 3.14. The van der Waals surface area contributed by atoms with E-state index in [0.717, 1.165) is 29.8 Å². The molecule has 1 atom stereocenters. The summed E-state index contributed by atoms with van der Waals surface area (Å²) < 4.78 is 10.8. The van der Waals surface area contributed by atoms with Crippen LogP contribution in [0.5, 0.6) is 11.5 Å². The fraction of sp³-hybridized carbons (Fsp3) is 0.444. The molecule has 0 radical (unpaired) electrons. The Bertz CT molecular complexity index is 848. The number of methoxy groups -OCH3 is 2. The van der Waals surface area contributed by atoms with E-state index in [1.807, 2.05) is 0 Å². The van der Waals surface area contributed by atoms with Gasteiger partial charge in [0.25, 0.3) is 5.91 Å². The predicted molar refractivity (Wildman–Crippen MR) is 93.2 cm³/mol. The van der Waals surface area contributed by atoms with Crippen LogP contribution in [0.1, 0.15) is 39.0 Å². The standard InChI is InChI=1S/C18H22N4O4/c1-25-14-3-4-15(26-2)16-11(14)8-22(9-13(16)23)18(24)17-10-7-19-6-5-12(10)20-21-17/h3-4,13,19,23H,5-9H2,1-2H3,(H,20,21). The number of carbonyl (C=O) groups excluding carboxylic acids is 1. The highest BCUT2D eigenvalue weighted by atomic mass is 16.5. The second-order valence-electron chi connectivity index (χ2n) is 6.52. The van der Waals surface area contributed by atoms with Crippen molar-refractivity contribution >= 4 is 5.91 Å². The van der Waals surface area contributed by atoms with Crippen molar-refractivity contribution < 1.29 is 19.4 Å². The number of nitrogens with one attached hydrogen (secondary N) is 2. The number of ether oxygens (including phenoxy) is 2. The average Bonchev–Trinajstić information content (AvgIpc) is 3.10. The smallest absolute Gasteiger partial charge is 0.275 e. The van der Waals surface area contributed by atoms with Gasteiger partial charge in [-0.05, 0) is 12.1 Å². The lowest BCUT2D eigenvalue weighted by atomic mass is 9.94. The molecular weight excluding hydrogens is 336 g/mol. The van der Waals surface area contributed by atoms with Gasteiger partial charge in [0.05, 0.1) is 27.3 Å². The molecule has 0 saturated heterocycles. The van der Waals surface area contributed by atoms with Crippen molar-refractivity contribution in [2.75, 3.05) is 27.3 Å². The van der Waals surface area contributed by atoms with Crippen LogP contribution in [0.2, 0.25) is 0 Å². The Labute approximate surface area is 151 Å². The Balaban J connectivity index is 1.69. The third-order valence-corrected chi connectivity index (χ3v) is 5.09. The molecule has 2 aliphatic heterocycles. The normalized spacial score (nSPS) is 18.9. The number of fused-ring (bicyclic) bond motifs is 2. The van der Waals surface area contributed by atoms with Crippen molar-refractivity contribution in [3.05, 3.63) is 40.2 Å². The maximum atomic E-state index is 13.1. The lowest BCUT2D eigenvalue weighted by Crippen LogP contribution is -2.39. The third-order valence-electron chi connectivity index (χ3n) is 5.09. The van der Waals surface area contributed by atoms with E-state index < -0.39 is 6.10 Å². The van der Waals surface area contributed by atoms with Crippen LogP contribution in [0.25, 0.3) is 0 Å². The molecule has 0 aliphatic carbocycles. The predicted octanol–water partition coefficient (Wildman–Crippen LogP) is 0.762. The number of aromatic nitrogens is 2. The quantitative estimate of drug-likeness (QED) is 0.749. The van der Waals surface area contributed by atoms with E-state index in [1.54, 1.807) is 31.3 Å². The third kappa shape index (κ3) is 2.62. The molecule has 26 heavy (non-hydrogen) atoms. The van der Waals surface area contributed by atoms with Crippen LogP contribution in [0.3, 0.4) is 0 Å². The largest absolute Gasteiger partial charge is 0.496 e. The summed E-state index contributed by atoms with van der Waals surface area (Å²) in [6.45, 7) is 2.01. The molecular formula is C18H22N4O4. The van der Waals surface area contributed by atoms with Gasteiger partial charge in [-0.3, -0.25) is 9.89 Å². The molecule has 0 saturated carbocycles. The molecule has 1 amide bonds. The lowest BCUT2D eigenvalue weighted by molar-refractivity contribution is 0.0532. The van der Waals surface area contributed by atoms with Crippen LogP contribution in [-0.2, 0) is 19.5 Å². The number of benzene rings is 1. The molecule has 0 bridgehead atoms. The molecule has 138 valence electrons. The highest BCUT2D eigenvalue weighted by Gasteiger charge is 2.34. The number of aliphatic hydroxyl groups is 1. The molecule has 4 rings (SSSR count). The van der Waals surface area contributed by atoms with Gasteiger partial charge in [0.2, 0.25) is 0 Å². The fourth-order valence-electron chi connectivity index (χ4n) is 3.78. The Morgan fingerprint density at radius 3 is 2.81 bits per heavy atom. The van der Waals surface area contributed by atoms with E-state index in [9.17, 15) is 9.90 Å². The van der Waals surface area contributed by atoms with Crippen LogP contribution in [0, 0.1) is 0 Å². The number of carbonyl (C=O) groups is 1. The number of rotatable bonds is 3. The van der Waals surface area contributed by atoms with Gasteiger partial charge in [-0.15, -0.1) is 0 Å². The van der Waals surface area contributed by atoms with Crippen LogP contribution < -0.4 is 14.8 Å². The number of aromatic amines is 1. The molecule has 1 aromatic heterocycles. The zero-order valence-corrected chi connectivity index (χ0v) is 14.8. The van der Waals surface area contributed by atoms with Crippen LogP contribution in [0.4, 0.5) is 0 Å². The van der Waals surface area contributed by atoms with Gasteiger partial charge in [0.15, 0.2) is 5.69 Å². The zero-order chi connectivity index (χ0) is 18.3. The SMILES string of the molecule is COc1ccc(OC)c2c1CN(C(=O)c1n[nH]c3c1CNCC3)CC2O. The Morgan fingerprint density at radius 1 is 1.27 bits per heavy atom. The van der Waals surface area contributed by atoms with E-state index in [2.05, 4.69) is 15.5 Å². The number of hydrogen-bond donors (Lipinski definition) is 3. The first kappa shape index (κ1) is 16.9. The number of hydrogen-bond acceptors (Lipinski definition) is 6. The monoisotopic (exact) mass is 358 g/mol. The topological polar surface area (TPSA) is 99.7 Å². The van der Waals surface area contributed by atoms with E-state index >= 15 is 0 Å². The van der Waals surface area contributed by atoms with E-state index in [1.165, 1.54) is 0 Å². The minimum atomic E-state index is -0.847. The van der Waals surface area contributed by atoms with Crippen molar-refractivity contribution in [1.82, 2.24) is 20.4 Å². The molecule has 0 fully saturated rings. The highest BCUT2D eigenvalue weighted by molar-refractivity contribution is 5.94. The average molecular weight is 358 g/mol. The number of H-pyrrole nitrogens is 1. The summed E-state index contributed by atoms with van der Waals surface area (Å²) in [5.74, 6) is 1.03. The highest BCUT2D eigenvalue weighted by Crippen LogP contribution is 2.39. The molecule has 8 heteroatoms. The molecule has 1 aromatic carbocycles. The van der Waals surface area contributed by atoms with Gasteiger partial charge in [-0.1, -0.05) is 0 Å². The Morgan fingerprint density at radius 2 is 2.04 bits per heavy atom. The first-order valence-electron chi connectivity index (χ1n) is 8.62. The summed E-state index contributed by atoms with van der Waals surface area (Å²) in [5, 5.41) is 21.2. The number of nitrogens with zero attached hydrogens (tertiary/aromatic N) is 2. The van der Waals surface area contributed by atoms with Crippen LogP contribution >= 0.6 is 0 Å². The summed E-state index contributed by atoms with van der Waals surface area (Å²) in [6, 6.07) is 3.56. The second-order valence-corrected chi connectivity index (χ2v) is 6.52. The summed E-state index contributed by atoms with van der Waals surface area (Å²) in [5.41, 5.74) is 3.79. The molecule has 0 spiro atoms. The van der Waals surface area contributed by atoms with Gasteiger partial charge in [0, 0.05) is 41.9 Å². The molecule has 2 aliphatic rings. The maximum Gasteiger partial charge on any atom is 0.275 e. The number of β-amino-alcohol motifs (C(OH)–C–C–N with tert-alkyl or cyclic N) is 1. The second kappa shape index (κ2) is 6.62. The molecule has 3 heterocycles. The molecule has 3 N–H and O–H groups in total. The lowest BCUT2D eigenvalue weighted by Gasteiger charge is -2.33. The maximum absolute atomic E-state index is 13.1. The summed E-state index contributed by atoms with van der Waals surface area (Å²) in [6.07, 6.45) is -0.0211. The van der Waals surface area contributed by atoms with Crippen molar-refractivity contribution in [3.63, 3.8) is 0 Å². The molecule has 2 aromatic rings. The van der Waals surface area contributed by atoms with Gasteiger partial charge in [-0.2, -0.15) is 5.10 Å². The van der Waals surface area contributed by atoms with Crippen molar-refractivity contribution in [2.24, 2.45) is 0 Å². The fourth-order valence-corrected chi connectivity index (χ4v) is 3.78. The zero-order valence-electron chi connectivity index (χ0n) is 14.8. The van der Waals surface area contributed by atoms with Crippen molar-refractivity contribution in [3.8, 4) is 11.5 Å². The summed E-state index contributed by atoms with van der Waals surface area (Å²) in [4.78, 5) is 14.7. The van der Waals surface area contributed by atoms with Gasteiger partial charge >= 0.3 is 0 Å². The Kier molecular flexibility index (Phi) is 4.29. The first-order valence-corrected chi connectivity index (χ1v) is 8.62. The van der Waals surface area contributed by atoms with E-state index in [4.69, 9.17) is 9.47 Å². The van der Waals surface area contributed by atoms with Gasteiger partial charge in [0.1, 0.15) is 17.6 Å². The molecule has 8 nitrogen and oxygen atoms in total. The Hall–Kier alpha value is -2.58.